The van der Waals surface area contributed by atoms with Gasteiger partial charge < -0.3 is 84.2 Å². The summed E-state index contributed by atoms with van der Waals surface area (Å²) < 4.78 is 60.5. The van der Waals surface area contributed by atoms with E-state index in [1.54, 1.807) is 30.6 Å². The van der Waals surface area contributed by atoms with Gasteiger partial charge in [-0.25, -0.2) is 28.5 Å². The molecule has 5 aliphatic heterocycles. The maximum atomic E-state index is 12.0. The number of ether oxygens (including phenoxy) is 10. The van der Waals surface area contributed by atoms with Crippen LogP contribution in [-0.4, -0.2) is 252 Å². The lowest BCUT2D eigenvalue weighted by Crippen LogP contribution is -2.40. The number of carboxylic acid groups (broad SMARTS) is 2. The number of hydrogen-bond donors (Lipinski definition) is 7. The van der Waals surface area contributed by atoms with Gasteiger partial charge in [-0.3, -0.25) is 24.0 Å². The van der Waals surface area contributed by atoms with Crippen molar-refractivity contribution in [3.63, 3.8) is 0 Å². The summed E-state index contributed by atoms with van der Waals surface area (Å²) >= 11 is 3.37. The lowest BCUT2D eigenvalue weighted by atomic mass is 10.0. The van der Waals surface area contributed by atoms with Gasteiger partial charge in [-0.05, 0) is 113 Å². The van der Waals surface area contributed by atoms with E-state index in [1.165, 1.54) is 5.69 Å². The number of aromatic nitrogens is 6. The van der Waals surface area contributed by atoms with Crippen LogP contribution >= 0.6 is 23.5 Å². The van der Waals surface area contributed by atoms with E-state index < -0.39 is 29.9 Å². The fraction of sp³-hybridized carbons (Fsp3) is 0.810. The first kappa shape index (κ1) is 74.5. The van der Waals surface area contributed by atoms with Crippen LogP contribution in [0, 0.1) is 35.5 Å². The van der Waals surface area contributed by atoms with Gasteiger partial charge in [0, 0.05) is 43.2 Å². The van der Waals surface area contributed by atoms with Crippen molar-refractivity contribution in [2.45, 2.75) is 174 Å². The van der Waals surface area contributed by atoms with Crippen LogP contribution in [0.4, 0.5) is 19.2 Å². The number of carboxylic acids is 2. The Kier molecular flexibility index (Phi) is 28.9. The van der Waals surface area contributed by atoms with E-state index in [0.717, 1.165) is 94.1 Å². The molecule has 0 aromatic carbocycles. The second kappa shape index (κ2) is 38.0. The molecule has 6 unspecified atom stereocenters. The number of nitrogens with one attached hydrogen (secondary N) is 5. The van der Waals surface area contributed by atoms with E-state index in [1.807, 2.05) is 9.36 Å². The molecule has 7 amide bonds. The minimum Gasteiger partial charge on any atom is -0.481 e. The molecule has 0 radical (unpaired) electrons. The van der Waals surface area contributed by atoms with Crippen molar-refractivity contribution in [1.82, 2.24) is 61.6 Å². The van der Waals surface area contributed by atoms with Crippen LogP contribution in [-0.2, 0) is 110 Å². The number of unbranched alkanes of at least 4 members (excludes halogenated alkanes) is 2. The Balaban J connectivity index is 0.000000214. The number of hydrogen-bond acceptors (Lipinski definition) is 25. The zero-order chi connectivity index (χ0) is 68.8. The number of aliphatic carboxylic acids is 2. The number of hydroxylamine groups is 2. The minimum absolute atomic E-state index is 0.0119. The Morgan fingerprint density at radius 1 is 0.500 bits per heavy atom. The fourth-order valence-electron chi connectivity index (χ4n) is 14.4. The third kappa shape index (κ3) is 21.7. The first-order valence-corrected chi connectivity index (χ1v) is 36.6. The molecule has 0 bridgehead atoms. The summed E-state index contributed by atoms with van der Waals surface area (Å²) in [4.78, 5) is 96.9. The number of imide groups is 1. The first-order valence-electron chi connectivity index (χ1n) is 34.7. The van der Waals surface area contributed by atoms with E-state index in [0.29, 0.717) is 160 Å². The highest BCUT2D eigenvalue weighted by Crippen LogP contribution is 2.54. The topological polar surface area (TPSA) is 403 Å². The number of fused-ring (bicyclic) bond motifs is 6. The average Bonchev–Trinajstić information content (AvgIpc) is 1.61. The molecular weight excluding hydrogens is 1320 g/mol. The summed E-state index contributed by atoms with van der Waals surface area (Å²) in [7, 11) is 1.58. The summed E-state index contributed by atoms with van der Waals surface area (Å²) in [6, 6.07) is -0.642. The minimum atomic E-state index is -1.03. The molecule has 14 atom stereocenters. The predicted molar refractivity (Wildman–Crippen MR) is 346 cm³/mol. The van der Waals surface area contributed by atoms with E-state index in [9.17, 15) is 38.4 Å². The van der Waals surface area contributed by atoms with E-state index in [4.69, 9.17) is 62.4 Å². The van der Waals surface area contributed by atoms with Crippen LogP contribution in [0.5, 0.6) is 0 Å². The van der Waals surface area contributed by atoms with Crippen LogP contribution in [0.2, 0.25) is 0 Å². The van der Waals surface area contributed by atoms with Gasteiger partial charge in [-0.15, -0.1) is 33.7 Å². The summed E-state index contributed by atoms with van der Waals surface area (Å²) in [6.45, 7) is 8.10. The summed E-state index contributed by atoms with van der Waals surface area (Å²) in [6.07, 6.45) is 10.9. The quantitative estimate of drug-likeness (QED) is 0.0218. The monoisotopic (exact) mass is 1420 g/mol. The Bertz CT molecular complexity index is 2950. The Labute approximate surface area is 576 Å². The van der Waals surface area contributed by atoms with Crippen LogP contribution < -0.4 is 26.6 Å². The van der Waals surface area contributed by atoms with Crippen LogP contribution in [0.25, 0.3) is 0 Å². The van der Waals surface area contributed by atoms with Crippen LogP contribution in [0.3, 0.4) is 0 Å². The molecule has 2 aromatic heterocycles. The lowest BCUT2D eigenvalue weighted by molar-refractivity contribution is -0.177. The van der Waals surface area contributed by atoms with Crippen molar-refractivity contribution >= 4 is 71.6 Å². The average molecular weight is 1420 g/mol. The fourth-order valence-corrected chi connectivity index (χ4v) is 17.6. The van der Waals surface area contributed by atoms with E-state index in [-0.39, 0.29) is 102 Å². The number of carbonyl (C=O) groups excluding carboxylic acids is 6. The maximum absolute atomic E-state index is 12.0. The molecule has 98 heavy (non-hydrogen) atoms. The molecule has 7 heterocycles. The third-order valence-corrected chi connectivity index (χ3v) is 22.7. The molecule has 7 N–H and O–H groups in total. The van der Waals surface area contributed by atoms with Gasteiger partial charge in [-0.2, -0.15) is 0 Å². The van der Waals surface area contributed by atoms with Crippen molar-refractivity contribution in [3.05, 3.63) is 22.8 Å². The number of alkyl carbamates (subject to hydrolysis) is 1. The SMILES string of the molecule is CNC(=O)OCC1C2CCc3nnn(CCOCCOCCOCCO[C@@H]4S[C@H](CCCCC(=O)O)[C@H]5NC(=O)N[C@H]54)c3CCC21.O=C(O)CCCC[C@H]1S[C@@H](OCCOCCOCCOCCn2nnc3c2CCC2C(CC3)C2COC(=O)ON2C(=O)CCC2=O)[C@@H]2NC(=O)N[C@@H]21. The molecular formula is C63H96N12O21S2. The van der Waals surface area contributed by atoms with E-state index >= 15 is 0 Å². The van der Waals surface area contributed by atoms with Crippen molar-refractivity contribution in [2.24, 2.45) is 35.5 Å². The smallest absolute Gasteiger partial charge is 0.481 e. The zero-order valence-electron chi connectivity index (χ0n) is 55.6. The van der Waals surface area contributed by atoms with Crippen molar-refractivity contribution in [3.8, 4) is 0 Å². The predicted octanol–water partition coefficient (Wildman–Crippen LogP) is 3.02. The van der Waals surface area contributed by atoms with Crippen LogP contribution in [0.15, 0.2) is 0 Å². The second-order valence-electron chi connectivity index (χ2n) is 25.8. The number of nitrogens with zero attached hydrogens (tertiary/aromatic N) is 7. The number of aryl methyl sites for hydroxylation is 2. The van der Waals surface area contributed by atoms with Gasteiger partial charge >= 0.3 is 36.2 Å². The van der Waals surface area contributed by atoms with Crippen molar-refractivity contribution < 1.29 is 101 Å². The number of carbonyl (C=O) groups is 8. The van der Waals surface area contributed by atoms with Gasteiger partial charge in [-0.1, -0.05) is 28.3 Å². The molecule has 5 saturated heterocycles. The van der Waals surface area contributed by atoms with Gasteiger partial charge in [0.2, 0.25) is 0 Å². The van der Waals surface area contributed by atoms with E-state index in [2.05, 4.69) is 47.2 Å². The largest absolute Gasteiger partial charge is 0.533 e. The number of thioether (sulfide) groups is 2. The lowest BCUT2D eigenvalue weighted by Gasteiger charge is -2.17. The van der Waals surface area contributed by atoms with Gasteiger partial charge in [0.25, 0.3) is 11.8 Å². The molecule has 9 aliphatic rings. The maximum Gasteiger partial charge on any atom is 0.533 e. The van der Waals surface area contributed by atoms with Crippen LogP contribution in [0.1, 0.15) is 113 Å². The molecule has 0 spiro atoms. The summed E-state index contributed by atoms with van der Waals surface area (Å²) in [5.41, 5.74) is 4.03. The normalized spacial score (nSPS) is 27.7. The standard InChI is InChI=1S/C33H48N6O12S.C30H48N6O9S/c40-26-9-10-27(41)39(26)51-33(45)50-19-22-20-5-7-23-24(8-6-21(20)22)38(37-36-23)11-12-46-13-14-47-15-16-48-17-18-49-31-30-29(34-32(44)35-30)25(52-31)3-1-2-4-28(42)43;1-31-30(40)45-18-21-19-6-8-22-23(9-7-20(19)21)36(35-34-22)10-11-41-12-13-42-14-15-43-16-17-44-28-27-26(32-29(39)33-27)24(46-28)4-2-3-5-25(37)38/h20-22,25,29-31H,1-19H2,(H,42,43)(H2,34,35,44);19-21,24,26-28H,2-18H2,1H3,(H,31,40)(H,37,38)(H2,32,33,39)/t20?,21?,22?,25-,29-,30-,31-;19?,20?,21?,24-,26-,27-,28-/m11/s1. The molecule has 35 heteroatoms. The molecule has 2 aromatic rings. The zero-order valence-corrected chi connectivity index (χ0v) is 57.3. The first-order chi connectivity index (χ1) is 47.7. The molecule has 11 rings (SSSR count). The van der Waals surface area contributed by atoms with Crippen molar-refractivity contribution in [1.29, 1.82) is 0 Å². The summed E-state index contributed by atoms with van der Waals surface area (Å²) in [5.74, 6) is 0.0625. The Hall–Kier alpha value is -6.18. The van der Waals surface area contributed by atoms with Crippen molar-refractivity contribution in [2.75, 3.05) is 113 Å². The number of rotatable bonds is 41. The van der Waals surface area contributed by atoms with Gasteiger partial charge in [0.15, 0.2) is 0 Å². The Morgan fingerprint density at radius 3 is 1.31 bits per heavy atom. The number of urea groups is 2. The summed E-state index contributed by atoms with van der Waals surface area (Å²) in [5, 5.41) is 50.5. The molecule has 33 nitrogen and oxygen atoms in total. The molecule has 7 fully saturated rings. The Morgan fingerprint density at radius 2 is 0.888 bits per heavy atom. The highest BCUT2D eigenvalue weighted by Gasteiger charge is 2.53. The molecule has 2 saturated carbocycles. The highest BCUT2D eigenvalue weighted by atomic mass is 32.2. The second-order valence-corrected chi connectivity index (χ2v) is 28.4. The highest BCUT2D eigenvalue weighted by molar-refractivity contribution is 8.01. The van der Waals surface area contributed by atoms with Gasteiger partial charge in [0.1, 0.15) is 10.9 Å². The van der Waals surface area contributed by atoms with Gasteiger partial charge in [0.05, 0.1) is 166 Å². The third-order valence-electron chi connectivity index (χ3n) is 19.5. The molecule has 546 valence electrons. The number of amides is 7. The molecule has 4 aliphatic carbocycles.